The third-order valence-corrected chi connectivity index (χ3v) is 7.00. The Hall–Kier alpha value is -0.930. The van der Waals surface area contributed by atoms with Crippen LogP contribution in [-0.4, -0.2) is 30.7 Å². The summed E-state index contributed by atoms with van der Waals surface area (Å²) in [6, 6.07) is 4.97. The van der Waals surface area contributed by atoms with Gasteiger partial charge in [0.25, 0.3) is 0 Å². The Morgan fingerprint density at radius 3 is 1.64 bits per heavy atom. The summed E-state index contributed by atoms with van der Waals surface area (Å²) in [6.07, 6.45) is 31.2. The molecular formula is C33H65N3. The van der Waals surface area contributed by atoms with Gasteiger partial charge in [-0.05, 0) is 75.9 Å². The Morgan fingerprint density at radius 2 is 1.08 bits per heavy atom. The first-order valence-corrected chi connectivity index (χ1v) is 16.1. The smallest absolute Gasteiger partial charge is 0.0270 e. The summed E-state index contributed by atoms with van der Waals surface area (Å²) in [6.45, 7) is 12.6. The number of unbranched alkanes of at least 4 members (excludes halogenated alkanes) is 13. The molecule has 0 aliphatic heterocycles. The number of hydrogen-bond donors (Lipinski definition) is 2. The summed E-state index contributed by atoms with van der Waals surface area (Å²) < 4.78 is 0. The molecule has 0 amide bonds. The van der Waals surface area contributed by atoms with Crippen LogP contribution >= 0.6 is 0 Å². The van der Waals surface area contributed by atoms with Gasteiger partial charge in [0.1, 0.15) is 0 Å². The molecule has 0 fully saturated rings. The standard InChI is InChI=1S/C20H36N2.C13H29N/c1-3-5-6-7-8-9-10-11-20(22-16-4-2)13-12-19-14-17-21-18-15-19;1-3-5-6-7-8-9-10-11-13-14-12-4-2/h14-15,17-18,20,22H,3-13,16H2,1-2H3;14H,3-13H2,1-2H3. The molecule has 0 aliphatic carbocycles. The van der Waals surface area contributed by atoms with Crippen molar-refractivity contribution in [1.82, 2.24) is 15.6 Å². The van der Waals surface area contributed by atoms with Crippen LogP contribution in [0.4, 0.5) is 0 Å². The topological polar surface area (TPSA) is 37.0 Å². The molecule has 36 heavy (non-hydrogen) atoms. The lowest BCUT2D eigenvalue weighted by molar-refractivity contribution is 0.430. The molecule has 212 valence electrons. The minimum atomic E-state index is 0.684. The van der Waals surface area contributed by atoms with Gasteiger partial charge >= 0.3 is 0 Å². The van der Waals surface area contributed by atoms with E-state index in [0.29, 0.717) is 6.04 Å². The van der Waals surface area contributed by atoms with Gasteiger partial charge < -0.3 is 10.6 Å². The van der Waals surface area contributed by atoms with Gasteiger partial charge in [0.15, 0.2) is 0 Å². The maximum Gasteiger partial charge on any atom is 0.0270 e. The van der Waals surface area contributed by atoms with Crippen LogP contribution in [0.5, 0.6) is 0 Å². The van der Waals surface area contributed by atoms with Gasteiger partial charge in [0.05, 0.1) is 0 Å². The second kappa shape index (κ2) is 30.3. The molecular weight excluding hydrogens is 438 g/mol. The lowest BCUT2D eigenvalue weighted by atomic mass is 10.00. The van der Waals surface area contributed by atoms with Gasteiger partial charge in [-0.2, -0.15) is 0 Å². The molecule has 1 aromatic heterocycles. The first-order chi connectivity index (χ1) is 17.8. The van der Waals surface area contributed by atoms with E-state index >= 15 is 0 Å². The second-order valence-corrected chi connectivity index (χ2v) is 10.7. The first-order valence-electron chi connectivity index (χ1n) is 16.1. The van der Waals surface area contributed by atoms with Crippen LogP contribution in [0.2, 0.25) is 0 Å². The Bertz CT molecular complexity index is 493. The van der Waals surface area contributed by atoms with Crippen LogP contribution in [0.3, 0.4) is 0 Å². The molecule has 3 heteroatoms. The minimum Gasteiger partial charge on any atom is -0.317 e. The first kappa shape index (κ1) is 35.1. The van der Waals surface area contributed by atoms with Crippen molar-refractivity contribution in [2.45, 2.75) is 162 Å². The van der Waals surface area contributed by atoms with Gasteiger partial charge in [-0.25, -0.2) is 0 Å². The van der Waals surface area contributed by atoms with E-state index < -0.39 is 0 Å². The van der Waals surface area contributed by atoms with E-state index in [2.05, 4.69) is 55.4 Å². The number of rotatable bonds is 25. The van der Waals surface area contributed by atoms with Gasteiger partial charge in [-0.3, -0.25) is 4.98 Å². The van der Waals surface area contributed by atoms with Crippen LogP contribution < -0.4 is 10.6 Å². The Balaban J connectivity index is 0.000000757. The third kappa shape index (κ3) is 26.1. The molecule has 1 atom stereocenters. The molecule has 0 aliphatic rings. The Kier molecular flexibility index (Phi) is 29.5. The zero-order chi connectivity index (χ0) is 26.4. The average molecular weight is 504 g/mol. The molecule has 0 saturated heterocycles. The highest BCUT2D eigenvalue weighted by Crippen LogP contribution is 2.13. The van der Waals surface area contributed by atoms with Crippen molar-refractivity contribution >= 4 is 0 Å². The largest absolute Gasteiger partial charge is 0.317 e. The molecule has 0 saturated carbocycles. The number of nitrogens with zero attached hydrogens (tertiary/aromatic N) is 1. The molecule has 1 unspecified atom stereocenters. The van der Waals surface area contributed by atoms with Crippen LogP contribution in [0.1, 0.15) is 155 Å². The number of hydrogen-bond acceptors (Lipinski definition) is 3. The second-order valence-electron chi connectivity index (χ2n) is 10.7. The fourth-order valence-electron chi connectivity index (χ4n) is 4.62. The average Bonchev–Trinajstić information content (AvgIpc) is 2.91. The van der Waals surface area contributed by atoms with Crippen LogP contribution in [-0.2, 0) is 6.42 Å². The summed E-state index contributed by atoms with van der Waals surface area (Å²) in [7, 11) is 0. The van der Waals surface area contributed by atoms with E-state index in [-0.39, 0.29) is 0 Å². The lowest BCUT2D eigenvalue weighted by Crippen LogP contribution is -2.30. The van der Waals surface area contributed by atoms with Crippen molar-refractivity contribution in [3.05, 3.63) is 30.1 Å². The normalized spacial score (nSPS) is 11.8. The molecule has 2 N–H and O–H groups in total. The molecule has 0 spiro atoms. The van der Waals surface area contributed by atoms with E-state index in [1.807, 2.05) is 12.4 Å². The summed E-state index contributed by atoms with van der Waals surface area (Å²) in [5, 5.41) is 7.18. The predicted molar refractivity (Wildman–Crippen MR) is 163 cm³/mol. The summed E-state index contributed by atoms with van der Waals surface area (Å²) >= 11 is 0. The summed E-state index contributed by atoms with van der Waals surface area (Å²) in [4.78, 5) is 4.10. The highest BCUT2D eigenvalue weighted by molar-refractivity contribution is 5.09. The number of aromatic nitrogens is 1. The molecule has 1 aromatic rings. The van der Waals surface area contributed by atoms with Crippen molar-refractivity contribution < 1.29 is 0 Å². The maximum absolute atomic E-state index is 4.10. The Labute approximate surface area is 227 Å². The Morgan fingerprint density at radius 1 is 0.556 bits per heavy atom. The van der Waals surface area contributed by atoms with Crippen molar-refractivity contribution in [3.8, 4) is 0 Å². The predicted octanol–water partition coefficient (Wildman–Crippen LogP) is 9.65. The monoisotopic (exact) mass is 504 g/mol. The van der Waals surface area contributed by atoms with Crippen LogP contribution in [0, 0.1) is 0 Å². The van der Waals surface area contributed by atoms with Gasteiger partial charge in [-0.1, -0.05) is 118 Å². The third-order valence-electron chi connectivity index (χ3n) is 7.00. The number of pyridine rings is 1. The zero-order valence-corrected chi connectivity index (χ0v) is 25.1. The molecule has 0 radical (unpaired) electrons. The highest BCUT2D eigenvalue weighted by Gasteiger charge is 2.08. The van der Waals surface area contributed by atoms with Crippen molar-refractivity contribution in [1.29, 1.82) is 0 Å². The molecule has 3 nitrogen and oxygen atoms in total. The van der Waals surface area contributed by atoms with E-state index in [9.17, 15) is 0 Å². The van der Waals surface area contributed by atoms with E-state index in [1.165, 1.54) is 147 Å². The SMILES string of the molecule is CCCCCCCCCC(CCc1ccncc1)NCCC.CCCCCCCCCCNCCC. The quantitative estimate of drug-likeness (QED) is 0.130. The lowest BCUT2D eigenvalue weighted by Gasteiger charge is -2.18. The van der Waals surface area contributed by atoms with E-state index in [0.717, 1.165) is 6.54 Å². The van der Waals surface area contributed by atoms with E-state index in [1.54, 1.807) is 0 Å². The highest BCUT2D eigenvalue weighted by atomic mass is 14.9. The minimum absolute atomic E-state index is 0.684. The van der Waals surface area contributed by atoms with Crippen LogP contribution in [0.25, 0.3) is 0 Å². The van der Waals surface area contributed by atoms with Crippen molar-refractivity contribution in [2.75, 3.05) is 19.6 Å². The fourth-order valence-corrected chi connectivity index (χ4v) is 4.62. The number of nitrogens with one attached hydrogen (secondary N) is 2. The van der Waals surface area contributed by atoms with Crippen molar-refractivity contribution in [2.24, 2.45) is 0 Å². The summed E-state index contributed by atoms with van der Waals surface area (Å²) in [5.41, 5.74) is 1.41. The van der Waals surface area contributed by atoms with Crippen LogP contribution in [0.15, 0.2) is 24.5 Å². The van der Waals surface area contributed by atoms with Crippen molar-refractivity contribution in [3.63, 3.8) is 0 Å². The number of aryl methyl sites for hydroxylation is 1. The van der Waals surface area contributed by atoms with Gasteiger partial charge in [-0.15, -0.1) is 0 Å². The van der Waals surface area contributed by atoms with Gasteiger partial charge in [0, 0.05) is 18.4 Å². The van der Waals surface area contributed by atoms with Gasteiger partial charge in [0.2, 0.25) is 0 Å². The molecule has 0 aromatic carbocycles. The molecule has 0 bridgehead atoms. The summed E-state index contributed by atoms with van der Waals surface area (Å²) in [5.74, 6) is 0. The molecule has 1 rings (SSSR count). The fraction of sp³-hybridized carbons (Fsp3) is 0.848. The molecule has 1 heterocycles. The maximum atomic E-state index is 4.10. The zero-order valence-electron chi connectivity index (χ0n) is 25.1. The van der Waals surface area contributed by atoms with E-state index in [4.69, 9.17) is 0 Å².